The van der Waals surface area contributed by atoms with E-state index in [0.29, 0.717) is 10.0 Å². The van der Waals surface area contributed by atoms with Crippen LogP contribution >= 0.6 is 15.9 Å². The third-order valence-corrected chi connectivity index (χ3v) is 4.65. The van der Waals surface area contributed by atoms with Gasteiger partial charge in [0.2, 0.25) is 5.91 Å². The van der Waals surface area contributed by atoms with Crippen LogP contribution < -0.4 is 10.1 Å². The highest BCUT2D eigenvalue weighted by Crippen LogP contribution is 2.40. The largest absolute Gasteiger partial charge is 0.468 e. The molecule has 0 radical (unpaired) electrons. The first-order valence-corrected chi connectivity index (χ1v) is 8.71. The Balaban J connectivity index is 1.93. The SMILES string of the molecule is COC(=O)C1C(=O)Oc2ccc(Br)cc2C1C(=O)NCc1ccccc1. The number of rotatable bonds is 4. The highest BCUT2D eigenvalue weighted by atomic mass is 79.9. The molecular formula is C19H16BrNO5. The van der Waals surface area contributed by atoms with Crippen molar-refractivity contribution in [3.63, 3.8) is 0 Å². The van der Waals surface area contributed by atoms with Gasteiger partial charge in [-0.3, -0.25) is 14.4 Å². The lowest BCUT2D eigenvalue weighted by molar-refractivity contribution is -0.160. The van der Waals surface area contributed by atoms with Crippen molar-refractivity contribution >= 4 is 33.8 Å². The Morgan fingerprint density at radius 2 is 1.88 bits per heavy atom. The fourth-order valence-electron chi connectivity index (χ4n) is 2.89. The fourth-order valence-corrected chi connectivity index (χ4v) is 3.27. The molecule has 1 heterocycles. The first-order chi connectivity index (χ1) is 12.5. The molecular weight excluding hydrogens is 402 g/mol. The number of amides is 1. The summed E-state index contributed by atoms with van der Waals surface area (Å²) < 4.78 is 10.6. The van der Waals surface area contributed by atoms with Crippen LogP contribution in [0.1, 0.15) is 17.0 Å². The van der Waals surface area contributed by atoms with Gasteiger partial charge in [0.25, 0.3) is 0 Å². The molecule has 6 nitrogen and oxygen atoms in total. The zero-order valence-electron chi connectivity index (χ0n) is 13.9. The molecule has 2 aromatic rings. The van der Waals surface area contributed by atoms with E-state index < -0.39 is 29.7 Å². The molecule has 0 bridgehead atoms. The Labute approximate surface area is 158 Å². The number of esters is 2. The predicted octanol–water partition coefficient (Wildman–Crippen LogP) is 2.56. The minimum Gasteiger partial charge on any atom is -0.468 e. The molecule has 0 fully saturated rings. The molecule has 0 saturated heterocycles. The molecule has 3 rings (SSSR count). The maximum absolute atomic E-state index is 12.9. The van der Waals surface area contributed by atoms with E-state index in [1.54, 1.807) is 18.2 Å². The van der Waals surface area contributed by atoms with E-state index in [4.69, 9.17) is 9.47 Å². The molecule has 1 aliphatic heterocycles. The van der Waals surface area contributed by atoms with Crippen molar-refractivity contribution in [2.75, 3.05) is 7.11 Å². The maximum Gasteiger partial charge on any atom is 0.326 e. The molecule has 0 saturated carbocycles. The summed E-state index contributed by atoms with van der Waals surface area (Å²) in [5.41, 5.74) is 1.36. The van der Waals surface area contributed by atoms with Crippen molar-refractivity contribution < 1.29 is 23.9 Å². The minimum absolute atomic E-state index is 0.262. The number of carbonyl (C=O) groups excluding carboxylic acids is 3. The topological polar surface area (TPSA) is 81.7 Å². The van der Waals surface area contributed by atoms with Crippen molar-refractivity contribution in [3.05, 3.63) is 64.1 Å². The van der Waals surface area contributed by atoms with Gasteiger partial charge in [-0.25, -0.2) is 0 Å². The molecule has 26 heavy (non-hydrogen) atoms. The van der Waals surface area contributed by atoms with Crippen molar-refractivity contribution in [3.8, 4) is 5.75 Å². The molecule has 2 unspecified atom stereocenters. The number of hydrogen-bond acceptors (Lipinski definition) is 5. The lowest BCUT2D eigenvalue weighted by Crippen LogP contribution is -2.44. The number of halogens is 1. The van der Waals surface area contributed by atoms with Gasteiger partial charge in [0.1, 0.15) is 5.75 Å². The Hall–Kier alpha value is -2.67. The third kappa shape index (κ3) is 3.62. The second kappa shape index (κ2) is 7.70. The van der Waals surface area contributed by atoms with Gasteiger partial charge in [-0.05, 0) is 23.8 Å². The zero-order chi connectivity index (χ0) is 18.7. The van der Waals surface area contributed by atoms with E-state index in [9.17, 15) is 14.4 Å². The van der Waals surface area contributed by atoms with Gasteiger partial charge >= 0.3 is 11.9 Å². The number of ether oxygens (including phenoxy) is 2. The van der Waals surface area contributed by atoms with Gasteiger partial charge < -0.3 is 14.8 Å². The number of benzene rings is 2. The summed E-state index contributed by atoms with van der Waals surface area (Å²) in [4.78, 5) is 37.3. The monoisotopic (exact) mass is 417 g/mol. The number of fused-ring (bicyclic) bond motifs is 1. The maximum atomic E-state index is 12.9. The molecule has 1 amide bonds. The van der Waals surface area contributed by atoms with Gasteiger partial charge in [-0.15, -0.1) is 0 Å². The van der Waals surface area contributed by atoms with Gasteiger partial charge in [-0.1, -0.05) is 46.3 Å². The number of carbonyl (C=O) groups is 3. The van der Waals surface area contributed by atoms with Crippen LogP contribution in [-0.2, 0) is 25.7 Å². The smallest absolute Gasteiger partial charge is 0.326 e. The summed E-state index contributed by atoms with van der Waals surface area (Å²) in [6.07, 6.45) is 0. The molecule has 1 N–H and O–H groups in total. The average Bonchev–Trinajstić information content (AvgIpc) is 2.65. The minimum atomic E-state index is -1.35. The van der Waals surface area contributed by atoms with Crippen molar-refractivity contribution in [1.82, 2.24) is 5.32 Å². The molecule has 0 spiro atoms. The van der Waals surface area contributed by atoms with Crippen LogP contribution in [0.4, 0.5) is 0 Å². The standard InChI is InChI=1S/C19H16BrNO5/c1-25-18(23)16-15(17(22)21-10-11-5-3-2-4-6-11)13-9-12(20)7-8-14(13)26-19(16)24/h2-9,15-16H,10H2,1H3,(H,21,22). The Bertz CT molecular complexity index is 852. The Morgan fingerprint density at radius 1 is 1.15 bits per heavy atom. The van der Waals surface area contributed by atoms with Gasteiger partial charge in [0.15, 0.2) is 5.92 Å². The average molecular weight is 418 g/mol. The van der Waals surface area contributed by atoms with Gasteiger partial charge in [0.05, 0.1) is 13.0 Å². The number of nitrogens with one attached hydrogen (secondary N) is 1. The summed E-state index contributed by atoms with van der Waals surface area (Å²) >= 11 is 3.34. The Morgan fingerprint density at radius 3 is 2.58 bits per heavy atom. The quantitative estimate of drug-likeness (QED) is 0.469. The van der Waals surface area contributed by atoms with Crippen LogP contribution in [0.15, 0.2) is 53.0 Å². The molecule has 134 valence electrons. The number of methoxy groups -OCH3 is 1. The highest BCUT2D eigenvalue weighted by Gasteiger charge is 2.47. The predicted molar refractivity (Wildman–Crippen MR) is 96.3 cm³/mol. The first-order valence-electron chi connectivity index (χ1n) is 7.92. The summed E-state index contributed by atoms with van der Waals surface area (Å²) in [6, 6.07) is 14.3. The fraction of sp³-hybridized carbons (Fsp3) is 0.211. The van der Waals surface area contributed by atoms with E-state index in [-0.39, 0.29) is 12.3 Å². The summed E-state index contributed by atoms with van der Waals surface area (Å²) in [7, 11) is 1.17. The van der Waals surface area contributed by atoms with Crippen LogP contribution in [0.25, 0.3) is 0 Å². The third-order valence-electron chi connectivity index (χ3n) is 4.15. The van der Waals surface area contributed by atoms with Crippen molar-refractivity contribution in [1.29, 1.82) is 0 Å². The van der Waals surface area contributed by atoms with Crippen molar-refractivity contribution in [2.45, 2.75) is 12.5 Å². The normalized spacial score (nSPS) is 18.5. The molecule has 0 aliphatic carbocycles. The van der Waals surface area contributed by atoms with Gasteiger partial charge in [-0.2, -0.15) is 0 Å². The highest BCUT2D eigenvalue weighted by molar-refractivity contribution is 9.10. The second-order valence-electron chi connectivity index (χ2n) is 5.79. The molecule has 7 heteroatoms. The summed E-state index contributed by atoms with van der Waals surface area (Å²) in [5.74, 6) is -4.16. The molecule has 2 aromatic carbocycles. The van der Waals surface area contributed by atoms with E-state index in [2.05, 4.69) is 21.2 Å². The Kier molecular flexibility index (Phi) is 5.37. The van der Waals surface area contributed by atoms with Crippen LogP contribution in [-0.4, -0.2) is 25.0 Å². The van der Waals surface area contributed by atoms with E-state index >= 15 is 0 Å². The van der Waals surface area contributed by atoms with Gasteiger partial charge in [0, 0.05) is 16.6 Å². The van der Waals surface area contributed by atoms with Crippen LogP contribution in [0.2, 0.25) is 0 Å². The summed E-state index contributed by atoms with van der Waals surface area (Å²) in [5, 5.41) is 2.79. The van der Waals surface area contributed by atoms with E-state index in [1.807, 2.05) is 30.3 Å². The van der Waals surface area contributed by atoms with E-state index in [0.717, 1.165) is 5.56 Å². The molecule has 2 atom stereocenters. The lowest BCUT2D eigenvalue weighted by Gasteiger charge is -2.29. The lowest BCUT2D eigenvalue weighted by atomic mass is 9.82. The molecule has 0 aromatic heterocycles. The van der Waals surface area contributed by atoms with Crippen LogP contribution in [0.3, 0.4) is 0 Å². The van der Waals surface area contributed by atoms with Crippen LogP contribution in [0, 0.1) is 5.92 Å². The van der Waals surface area contributed by atoms with E-state index in [1.165, 1.54) is 7.11 Å². The summed E-state index contributed by atoms with van der Waals surface area (Å²) in [6.45, 7) is 0.280. The molecule has 1 aliphatic rings. The second-order valence-corrected chi connectivity index (χ2v) is 6.70. The zero-order valence-corrected chi connectivity index (χ0v) is 15.5. The van der Waals surface area contributed by atoms with Crippen LogP contribution in [0.5, 0.6) is 5.75 Å². The van der Waals surface area contributed by atoms with Crippen molar-refractivity contribution in [2.24, 2.45) is 5.92 Å². The first kappa shape index (κ1) is 18.1. The number of hydrogen-bond donors (Lipinski definition) is 1.